The van der Waals surface area contributed by atoms with Crippen LogP contribution in [0.15, 0.2) is 41.2 Å². The van der Waals surface area contributed by atoms with Crippen LogP contribution in [0.1, 0.15) is 5.56 Å². The lowest BCUT2D eigenvalue weighted by Crippen LogP contribution is -2.33. The summed E-state index contributed by atoms with van der Waals surface area (Å²) in [6.45, 7) is 0.460. The van der Waals surface area contributed by atoms with Crippen LogP contribution >= 0.6 is 22.9 Å². The van der Waals surface area contributed by atoms with Crippen molar-refractivity contribution in [1.82, 2.24) is 9.88 Å². The van der Waals surface area contributed by atoms with Crippen molar-refractivity contribution in [3.05, 3.63) is 56.7 Å². The van der Waals surface area contributed by atoms with Gasteiger partial charge < -0.3 is 14.8 Å². The summed E-state index contributed by atoms with van der Waals surface area (Å²) in [5.74, 6) is 1.33. The predicted molar refractivity (Wildman–Crippen MR) is 91.3 cm³/mol. The highest BCUT2D eigenvalue weighted by molar-refractivity contribution is 7.17. The Morgan fingerprint density at radius 3 is 2.96 bits per heavy atom. The first-order chi connectivity index (χ1) is 11.6. The summed E-state index contributed by atoms with van der Waals surface area (Å²) in [6, 6.07) is 10.0. The Labute approximate surface area is 145 Å². The van der Waals surface area contributed by atoms with E-state index in [0.29, 0.717) is 26.7 Å². The first-order valence-corrected chi connectivity index (χ1v) is 8.30. The Hall–Kier alpha value is -2.51. The van der Waals surface area contributed by atoms with Gasteiger partial charge in [0.1, 0.15) is 0 Å². The number of nitrogens with zero attached hydrogens (tertiary/aromatic N) is 1. The van der Waals surface area contributed by atoms with Crippen LogP contribution in [-0.4, -0.2) is 17.4 Å². The maximum atomic E-state index is 12.4. The molecule has 1 aliphatic rings. The molecule has 0 radical (unpaired) electrons. The van der Waals surface area contributed by atoms with Crippen molar-refractivity contribution in [2.75, 3.05) is 6.79 Å². The van der Waals surface area contributed by atoms with Gasteiger partial charge in [0, 0.05) is 6.54 Å². The molecular weight excluding hydrogens is 352 g/mol. The zero-order chi connectivity index (χ0) is 16.7. The number of aromatic nitrogens is 1. The second-order valence-corrected chi connectivity index (χ2v) is 6.51. The van der Waals surface area contributed by atoms with E-state index < -0.39 is 6.03 Å². The van der Waals surface area contributed by atoms with Gasteiger partial charge in [0.05, 0.1) is 15.2 Å². The van der Waals surface area contributed by atoms with E-state index in [1.54, 1.807) is 30.3 Å². The number of benzene rings is 2. The van der Waals surface area contributed by atoms with Crippen LogP contribution in [0.25, 0.3) is 10.2 Å². The number of halogens is 1. The first kappa shape index (κ1) is 15.0. The van der Waals surface area contributed by atoms with E-state index in [4.69, 9.17) is 21.1 Å². The van der Waals surface area contributed by atoms with E-state index in [9.17, 15) is 9.59 Å². The van der Waals surface area contributed by atoms with Crippen LogP contribution in [0.4, 0.5) is 4.79 Å². The quantitative estimate of drug-likeness (QED) is 0.760. The third kappa shape index (κ3) is 2.51. The molecule has 2 heterocycles. The predicted octanol–water partition coefficient (Wildman–Crippen LogP) is 3.20. The van der Waals surface area contributed by atoms with Crippen LogP contribution < -0.4 is 19.7 Å². The number of nitrogens with one attached hydrogen (secondary N) is 1. The standard InChI is InChI=1S/C16H11ClN2O4S/c17-10-2-1-3-11-14(10)24-16(21)19(11)15(20)18-7-9-4-5-12-13(6-9)23-8-22-12/h1-6H,7-8H2,(H,18,20). The van der Waals surface area contributed by atoms with E-state index in [1.807, 2.05) is 6.07 Å². The maximum Gasteiger partial charge on any atom is 0.329 e. The Balaban J connectivity index is 1.58. The van der Waals surface area contributed by atoms with Gasteiger partial charge in [-0.3, -0.25) is 4.79 Å². The lowest BCUT2D eigenvalue weighted by Gasteiger charge is -2.07. The first-order valence-electron chi connectivity index (χ1n) is 7.10. The van der Waals surface area contributed by atoms with Gasteiger partial charge in [-0.2, -0.15) is 0 Å². The lowest BCUT2D eigenvalue weighted by atomic mass is 10.2. The molecule has 0 bridgehead atoms. The van der Waals surface area contributed by atoms with Crippen LogP contribution in [-0.2, 0) is 6.54 Å². The molecule has 0 atom stereocenters. The van der Waals surface area contributed by atoms with Crippen molar-refractivity contribution in [3.63, 3.8) is 0 Å². The van der Waals surface area contributed by atoms with Gasteiger partial charge in [-0.1, -0.05) is 35.1 Å². The summed E-state index contributed by atoms with van der Waals surface area (Å²) >= 11 is 7.02. The van der Waals surface area contributed by atoms with Crippen molar-refractivity contribution in [2.24, 2.45) is 0 Å². The normalized spacial score (nSPS) is 12.5. The number of amides is 1. The summed E-state index contributed by atoms with van der Waals surface area (Å²) in [5.41, 5.74) is 1.35. The zero-order valence-corrected chi connectivity index (χ0v) is 13.8. The number of hydrogen-bond donors (Lipinski definition) is 1. The number of fused-ring (bicyclic) bond motifs is 2. The van der Waals surface area contributed by atoms with Gasteiger partial charge in [0.25, 0.3) is 0 Å². The molecule has 0 saturated heterocycles. The fourth-order valence-corrected chi connectivity index (χ4v) is 3.67. The largest absolute Gasteiger partial charge is 0.454 e. The van der Waals surface area contributed by atoms with E-state index in [1.165, 1.54) is 0 Å². The number of thiazole rings is 1. The highest BCUT2D eigenvalue weighted by Gasteiger charge is 2.17. The topological polar surface area (TPSA) is 69.6 Å². The summed E-state index contributed by atoms with van der Waals surface area (Å²) in [5, 5.41) is 3.19. The minimum Gasteiger partial charge on any atom is -0.454 e. The Bertz CT molecular complexity index is 1010. The average molecular weight is 363 g/mol. The second kappa shape index (κ2) is 5.85. The van der Waals surface area contributed by atoms with E-state index >= 15 is 0 Å². The molecule has 1 amide bonds. The molecule has 4 rings (SSSR count). The van der Waals surface area contributed by atoms with E-state index in [2.05, 4.69) is 5.32 Å². The summed E-state index contributed by atoms with van der Waals surface area (Å²) in [7, 11) is 0. The minimum absolute atomic E-state index is 0.197. The molecule has 1 aliphatic heterocycles. The Morgan fingerprint density at radius 1 is 1.25 bits per heavy atom. The summed E-state index contributed by atoms with van der Waals surface area (Å²) < 4.78 is 12.2. The Morgan fingerprint density at radius 2 is 2.08 bits per heavy atom. The summed E-state index contributed by atoms with van der Waals surface area (Å²) in [6.07, 6.45) is 0. The number of carbonyl (C=O) groups is 1. The highest BCUT2D eigenvalue weighted by atomic mass is 35.5. The molecule has 0 aliphatic carbocycles. The monoisotopic (exact) mass is 362 g/mol. The van der Waals surface area contributed by atoms with Gasteiger partial charge in [-0.25, -0.2) is 9.36 Å². The molecule has 1 aromatic heterocycles. The average Bonchev–Trinajstić information content (AvgIpc) is 3.16. The van der Waals surface area contributed by atoms with Crippen molar-refractivity contribution >= 4 is 39.2 Å². The SMILES string of the molecule is O=C(NCc1ccc2c(c1)OCO2)n1c(=O)sc2c(Cl)cccc21. The van der Waals surface area contributed by atoms with E-state index in [-0.39, 0.29) is 18.2 Å². The van der Waals surface area contributed by atoms with Gasteiger partial charge in [-0.05, 0) is 29.8 Å². The smallest absolute Gasteiger partial charge is 0.329 e. The molecule has 0 spiro atoms. The number of rotatable bonds is 2. The Kier molecular flexibility index (Phi) is 3.66. The lowest BCUT2D eigenvalue weighted by molar-refractivity contribution is 0.174. The second-order valence-electron chi connectivity index (χ2n) is 5.14. The van der Waals surface area contributed by atoms with Crippen LogP contribution in [0.5, 0.6) is 11.5 Å². The highest BCUT2D eigenvalue weighted by Crippen LogP contribution is 2.32. The van der Waals surface area contributed by atoms with Gasteiger partial charge in [0.2, 0.25) is 6.79 Å². The van der Waals surface area contributed by atoms with Crippen molar-refractivity contribution in [1.29, 1.82) is 0 Å². The molecule has 6 nitrogen and oxygen atoms in total. The third-order valence-electron chi connectivity index (χ3n) is 3.64. The molecule has 2 aromatic carbocycles. The number of carbonyl (C=O) groups excluding carboxylic acids is 1. The minimum atomic E-state index is -0.494. The molecule has 0 fully saturated rings. The molecule has 8 heteroatoms. The van der Waals surface area contributed by atoms with Crippen LogP contribution in [0, 0.1) is 0 Å². The summed E-state index contributed by atoms with van der Waals surface area (Å²) in [4.78, 5) is 24.2. The molecular formula is C16H11ClN2O4S. The fraction of sp³-hybridized carbons (Fsp3) is 0.125. The number of hydrogen-bond acceptors (Lipinski definition) is 5. The van der Waals surface area contributed by atoms with Gasteiger partial charge in [-0.15, -0.1) is 0 Å². The molecule has 122 valence electrons. The van der Waals surface area contributed by atoms with Crippen LogP contribution in [0.2, 0.25) is 5.02 Å². The maximum absolute atomic E-state index is 12.4. The molecule has 3 aromatic rings. The zero-order valence-electron chi connectivity index (χ0n) is 12.2. The van der Waals surface area contributed by atoms with Crippen LogP contribution in [0.3, 0.4) is 0 Å². The van der Waals surface area contributed by atoms with E-state index in [0.717, 1.165) is 21.5 Å². The molecule has 1 N–H and O–H groups in total. The van der Waals surface area contributed by atoms with Crippen molar-refractivity contribution in [3.8, 4) is 11.5 Å². The fourth-order valence-electron chi connectivity index (χ4n) is 2.51. The molecule has 0 saturated carbocycles. The number of ether oxygens (including phenoxy) is 2. The molecule has 0 unspecified atom stereocenters. The third-order valence-corrected chi connectivity index (χ3v) is 5.06. The molecule has 24 heavy (non-hydrogen) atoms. The van der Waals surface area contributed by atoms with Crippen molar-refractivity contribution in [2.45, 2.75) is 6.54 Å². The van der Waals surface area contributed by atoms with Gasteiger partial charge >= 0.3 is 10.9 Å². The van der Waals surface area contributed by atoms with Gasteiger partial charge in [0.15, 0.2) is 11.5 Å². The van der Waals surface area contributed by atoms with Crippen molar-refractivity contribution < 1.29 is 14.3 Å².